The lowest BCUT2D eigenvalue weighted by Gasteiger charge is -1.95. The lowest BCUT2D eigenvalue weighted by atomic mass is 10.4. The molecule has 0 saturated heterocycles. The molecule has 54 valence electrons. The van der Waals surface area contributed by atoms with Crippen LogP contribution in [0.4, 0.5) is 0 Å². The van der Waals surface area contributed by atoms with Crippen molar-refractivity contribution in [2.45, 2.75) is 0 Å². The number of nitrogens with one attached hydrogen (secondary N) is 1. The molecule has 1 rings (SSSR count). The highest BCUT2D eigenvalue weighted by Gasteiger charge is 2.05. The smallest absolute Gasteiger partial charge is 0.310 e. The molecule has 0 atom stereocenters. The predicted octanol–water partition coefficient (Wildman–Crippen LogP) is 0.571. The van der Waals surface area contributed by atoms with Crippen molar-refractivity contribution in [2.75, 3.05) is 7.11 Å². The average molecular weight is 141 g/mol. The average Bonchev–Trinajstić information content (AvgIpc) is 2.38. The number of hydroxylamine groups is 1. The molecule has 1 N–H and O–H groups in total. The first-order valence-electron chi connectivity index (χ1n) is 2.71. The Bertz CT molecular complexity index is 205. The standard InChI is InChI=1S/C6H7NO3/c1-9-7-6(8)5-3-2-4-10-5/h2-4H,1H3,(H,7,8). The van der Waals surface area contributed by atoms with Crippen molar-refractivity contribution in [1.29, 1.82) is 0 Å². The van der Waals surface area contributed by atoms with E-state index < -0.39 is 0 Å². The molecule has 0 aliphatic heterocycles. The zero-order valence-electron chi connectivity index (χ0n) is 5.46. The Morgan fingerprint density at radius 2 is 2.60 bits per heavy atom. The second-order valence-corrected chi connectivity index (χ2v) is 1.61. The molecule has 4 nitrogen and oxygen atoms in total. The maximum Gasteiger partial charge on any atom is 0.310 e. The summed E-state index contributed by atoms with van der Waals surface area (Å²) in [5.74, 6) is -0.144. The second-order valence-electron chi connectivity index (χ2n) is 1.61. The third kappa shape index (κ3) is 1.35. The van der Waals surface area contributed by atoms with Crippen molar-refractivity contribution in [3.05, 3.63) is 24.2 Å². The highest BCUT2D eigenvalue weighted by molar-refractivity contribution is 5.90. The van der Waals surface area contributed by atoms with E-state index in [9.17, 15) is 4.79 Å². The molecule has 0 fully saturated rings. The lowest BCUT2D eigenvalue weighted by Crippen LogP contribution is -2.20. The fourth-order valence-electron chi connectivity index (χ4n) is 0.551. The molecular formula is C6H7NO3. The van der Waals surface area contributed by atoms with Gasteiger partial charge in [-0.25, -0.2) is 5.48 Å². The highest BCUT2D eigenvalue weighted by Crippen LogP contribution is 1.98. The summed E-state index contributed by atoms with van der Waals surface area (Å²) in [6.07, 6.45) is 1.42. The quantitative estimate of drug-likeness (QED) is 0.612. The highest BCUT2D eigenvalue weighted by atomic mass is 16.6. The number of rotatable bonds is 2. The summed E-state index contributed by atoms with van der Waals surface area (Å²) in [4.78, 5) is 15.1. The van der Waals surface area contributed by atoms with Crippen LogP contribution < -0.4 is 5.48 Å². The van der Waals surface area contributed by atoms with Gasteiger partial charge < -0.3 is 4.42 Å². The molecule has 0 spiro atoms. The molecule has 0 bridgehead atoms. The summed E-state index contributed by atoms with van der Waals surface area (Å²) < 4.78 is 4.76. The first kappa shape index (κ1) is 6.82. The molecule has 1 amide bonds. The molecule has 0 unspecified atom stereocenters. The van der Waals surface area contributed by atoms with Crippen molar-refractivity contribution >= 4 is 5.91 Å². The first-order valence-corrected chi connectivity index (χ1v) is 2.71. The fourth-order valence-corrected chi connectivity index (χ4v) is 0.551. The number of furan rings is 1. The Labute approximate surface area is 57.7 Å². The molecule has 0 aromatic carbocycles. The molecule has 0 aliphatic rings. The Kier molecular flexibility index (Phi) is 2.07. The van der Waals surface area contributed by atoms with Crippen molar-refractivity contribution in [3.8, 4) is 0 Å². The zero-order chi connectivity index (χ0) is 7.40. The summed E-state index contributed by atoms with van der Waals surface area (Å²) in [6.45, 7) is 0. The number of carbonyl (C=O) groups is 1. The van der Waals surface area contributed by atoms with Crippen LogP contribution in [0.5, 0.6) is 0 Å². The Hall–Kier alpha value is -1.29. The fraction of sp³-hybridized carbons (Fsp3) is 0.167. The van der Waals surface area contributed by atoms with E-state index in [-0.39, 0.29) is 11.7 Å². The second kappa shape index (κ2) is 3.03. The van der Waals surface area contributed by atoms with Crippen LogP contribution in [0.1, 0.15) is 10.6 Å². The van der Waals surface area contributed by atoms with Crippen molar-refractivity contribution in [2.24, 2.45) is 0 Å². The van der Waals surface area contributed by atoms with E-state index in [1.807, 2.05) is 0 Å². The van der Waals surface area contributed by atoms with E-state index in [0.717, 1.165) is 0 Å². The summed E-state index contributed by atoms with van der Waals surface area (Å²) in [5, 5.41) is 0. The van der Waals surface area contributed by atoms with Crippen LogP contribution in [-0.4, -0.2) is 13.0 Å². The summed E-state index contributed by atoms with van der Waals surface area (Å²) in [7, 11) is 1.36. The third-order valence-corrected chi connectivity index (χ3v) is 0.940. The van der Waals surface area contributed by atoms with Crippen LogP contribution in [0.15, 0.2) is 22.8 Å². The minimum absolute atomic E-state index is 0.238. The van der Waals surface area contributed by atoms with E-state index >= 15 is 0 Å². The van der Waals surface area contributed by atoms with Gasteiger partial charge >= 0.3 is 5.91 Å². The summed E-state index contributed by atoms with van der Waals surface area (Å²) in [5.41, 5.74) is 2.12. The predicted molar refractivity (Wildman–Crippen MR) is 33.2 cm³/mol. The van der Waals surface area contributed by atoms with E-state index in [1.54, 1.807) is 12.1 Å². The van der Waals surface area contributed by atoms with Crippen molar-refractivity contribution in [1.82, 2.24) is 5.48 Å². The molecule has 4 heteroatoms. The first-order chi connectivity index (χ1) is 4.84. The van der Waals surface area contributed by atoms with Crippen LogP contribution in [0, 0.1) is 0 Å². The van der Waals surface area contributed by atoms with Crippen LogP contribution in [0.25, 0.3) is 0 Å². The van der Waals surface area contributed by atoms with Crippen LogP contribution in [0.3, 0.4) is 0 Å². The topological polar surface area (TPSA) is 51.5 Å². The van der Waals surface area contributed by atoms with Gasteiger partial charge in [-0.2, -0.15) is 0 Å². The molecule has 10 heavy (non-hydrogen) atoms. The van der Waals surface area contributed by atoms with Gasteiger partial charge in [0.25, 0.3) is 0 Å². The van der Waals surface area contributed by atoms with Gasteiger partial charge in [0.15, 0.2) is 5.76 Å². The monoisotopic (exact) mass is 141 g/mol. The summed E-state index contributed by atoms with van der Waals surface area (Å²) in [6, 6.07) is 3.18. The third-order valence-electron chi connectivity index (χ3n) is 0.940. The van der Waals surface area contributed by atoms with E-state index in [1.165, 1.54) is 13.4 Å². The van der Waals surface area contributed by atoms with Crippen molar-refractivity contribution < 1.29 is 14.0 Å². The van der Waals surface area contributed by atoms with E-state index in [2.05, 4.69) is 10.3 Å². The van der Waals surface area contributed by atoms with Gasteiger partial charge in [0.05, 0.1) is 13.4 Å². The minimum Gasteiger partial charge on any atom is -0.459 e. The van der Waals surface area contributed by atoms with Gasteiger partial charge in [0, 0.05) is 0 Å². The lowest BCUT2D eigenvalue weighted by molar-refractivity contribution is 0.0510. The SMILES string of the molecule is CONC(=O)c1ccco1. The number of hydrogen-bond acceptors (Lipinski definition) is 3. The van der Waals surface area contributed by atoms with Gasteiger partial charge in [-0.05, 0) is 12.1 Å². The maximum absolute atomic E-state index is 10.8. The molecule has 1 heterocycles. The zero-order valence-corrected chi connectivity index (χ0v) is 5.46. The van der Waals surface area contributed by atoms with Gasteiger partial charge in [0.2, 0.25) is 0 Å². The van der Waals surface area contributed by atoms with E-state index in [0.29, 0.717) is 0 Å². The molecular weight excluding hydrogens is 134 g/mol. The van der Waals surface area contributed by atoms with Gasteiger partial charge in [-0.15, -0.1) is 0 Å². The van der Waals surface area contributed by atoms with Gasteiger partial charge in [-0.1, -0.05) is 0 Å². The van der Waals surface area contributed by atoms with Gasteiger partial charge in [-0.3, -0.25) is 9.63 Å². The van der Waals surface area contributed by atoms with Crippen molar-refractivity contribution in [3.63, 3.8) is 0 Å². The Morgan fingerprint density at radius 3 is 3.10 bits per heavy atom. The molecule has 1 aromatic heterocycles. The normalized spacial score (nSPS) is 9.30. The van der Waals surface area contributed by atoms with E-state index in [4.69, 9.17) is 4.42 Å². The number of hydrogen-bond donors (Lipinski definition) is 1. The molecule has 0 saturated carbocycles. The van der Waals surface area contributed by atoms with Crippen LogP contribution in [0.2, 0.25) is 0 Å². The Balaban J connectivity index is 2.59. The number of amides is 1. The van der Waals surface area contributed by atoms with Gasteiger partial charge in [0.1, 0.15) is 0 Å². The largest absolute Gasteiger partial charge is 0.459 e. The molecule has 1 aromatic rings. The van der Waals surface area contributed by atoms with Crippen LogP contribution in [-0.2, 0) is 4.84 Å². The summed E-state index contributed by atoms with van der Waals surface area (Å²) >= 11 is 0. The maximum atomic E-state index is 10.8. The minimum atomic E-state index is -0.382. The molecule has 0 radical (unpaired) electrons. The number of carbonyl (C=O) groups excluding carboxylic acids is 1. The molecule has 0 aliphatic carbocycles. The van der Waals surface area contributed by atoms with Crippen LogP contribution >= 0.6 is 0 Å². The Morgan fingerprint density at radius 1 is 1.80 bits per heavy atom.